The van der Waals surface area contributed by atoms with Crippen molar-refractivity contribution in [2.75, 3.05) is 5.32 Å². The van der Waals surface area contributed by atoms with E-state index in [1.807, 2.05) is 17.5 Å². The molecule has 1 aliphatic carbocycles. The molecule has 1 spiro atoms. The molecular formula is C24H24N2O5S2. The number of fused-ring (bicyclic) bond motifs is 1. The van der Waals surface area contributed by atoms with Crippen molar-refractivity contribution in [1.29, 1.82) is 0 Å². The maximum atomic E-state index is 12.8. The van der Waals surface area contributed by atoms with E-state index in [1.165, 1.54) is 29.9 Å². The molecule has 172 valence electrons. The molecule has 0 unspecified atom stereocenters. The molecule has 1 amide bonds. The van der Waals surface area contributed by atoms with Gasteiger partial charge in [0.25, 0.3) is 11.7 Å². The highest BCUT2D eigenvalue weighted by Gasteiger charge is 2.42. The number of rotatable bonds is 6. The first-order valence-corrected chi connectivity index (χ1v) is 13.2. The largest absolute Gasteiger partial charge is 0.448 e. The van der Waals surface area contributed by atoms with Gasteiger partial charge in [0.05, 0.1) is 4.90 Å². The average Bonchev–Trinajstić information content (AvgIpc) is 3.46. The van der Waals surface area contributed by atoms with Gasteiger partial charge in [-0.1, -0.05) is 18.6 Å². The number of amides is 1. The first kappa shape index (κ1) is 21.9. The van der Waals surface area contributed by atoms with E-state index in [0.717, 1.165) is 30.6 Å². The Balaban J connectivity index is 1.28. The van der Waals surface area contributed by atoms with E-state index in [2.05, 4.69) is 10.0 Å². The Morgan fingerprint density at radius 1 is 0.970 bits per heavy atom. The number of nitrogens with one attached hydrogen (secondary N) is 2. The Hall–Kier alpha value is -2.88. The van der Waals surface area contributed by atoms with Gasteiger partial charge in [-0.15, -0.1) is 11.3 Å². The molecular weight excluding hydrogens is 460 g/mol. The molecule has 0 radical (unpaired) electrons. The summed E-state index contributed by atoms with van der Waals surface area (Å²) in [6.45, 7) is 0.203. The van der Waals surface area contributed by atoms with Gasteiger partial charge in [-0.3, -0.25) is 4.79 Å². The number of hydrogen-bond acceptors (Lipinski definition) is 6. The number of sulfonamides is 1. The van der Waals surface area contributed by atoms with Crippen molar-refractivity contribution in [2.24, 2.45) is 0 Å². The smallest absolute Gasteiger partial charge is 0.255 e. The molecule has 2 aliphatic rings. The molecule has 9 heteroatoms. The van der Waals surface area contributed by atoms with E-state index in [9.17, 15) is 13.2 Å². The lowest BCUT2D eigenvalue weighted by molar-refractivity contribution is -0.105. The first-order chi connectivity index (χ1) is 15.9. The van der Waals surface area contributed by atoms with Gasteiger partial charge >= 0.3 is 0 Å². The minimum Gasteiger partial charge on any atom is -0.448 e. The van der Waals surface area contributed by atoms with Crippen molar-refractivity contribution >= 4 is 33.0 Å². The van der Waals surface area contributed by atoms with Gasteiger partial charge in [-0.05, 0) is 54.6 Å². The first-order valence-electron chi connectivity index (χ1n) is 10.9. The van der Waals surface area contributed by atoms with Crippen LogP contribution >= 0.6 is 11.3 Å². The minimum atomic E-state index is -3.75. The summed E-state index contributed by atoms with van der Waals surface area (Å²) in [6.07, 6.45) is 5.03. The van der Waals surface area contributed by atoms with Crippen LogP contribution in [0.2, 0.25) is 0 Å². The molecule has 2 N–H and O–H groups in total. The fourth-order valence-corrected chi connectivity index (χ4v) is 5.92. The van der Waals surface area contributed by atoms with Crippen molar-refractivity contribution < 1.29 is 22.7 Å². The average molecular weight is 485 g/mol. The second-order valence-electron chi connectivity index (χ2n) is 8.22. The van der Waals surface area contributed by atoms with Crippen molar-refractivity contribution in [2.45, 2.75) is 49.3 Å². The summed E-state index contributed by atoms with van der Waals surface area (Å²) in [6, 6.07) is 15.0. The predicted octanol–water partition coefficient (Wildman–Crippen LogP) is 4.91. The zero-order valence-corrected chi connectivity index (χ0v) is 19.5. The third-order valence-corrected chi connectivity index (χ3v) is 8.11. The van der Waals surface area contributed by atoms with E-state index in [-0.39, 0.29) is 17.0 Å². The number of carbonyl (C=O) groups excluding carboxylic acids is 1. The Labute approximate surface area is 196 Å². The third kappa shape index (κ3) is 4.75. The normalized spacial score (nSPS) is 16.6. The number of hydrogen-bond donors (Lipinski definition) is 2. The van der Waals surface area contributed by atoms with Crippen LogP contribution in [0, 0.1) is 0 Å². The topological polar surface area (TPSA) is 93.7 Å². The molecule has 33 heavy (non-hydrogen) atoms. The Bertz CT molecular complexity index is 1270. The minimum absolute atomic E-state index is 0.0385. The predicted molar refractivity (Wildman–Crippen MR) is 126 cm³/mol. The molecule has 1 fully saturated rings. The molecule has 1 aromatic heterocycles. The monoisotopic (exact) mass is 484 g/mol. The molecule has 3 aromatic rings. The van der Waals surface area contributed by atoms with Crippen LogP contribution in [-0.4, -0.2) is 20.1 Å². The van der Waals surface area contributed by atoms with Gasteiger partial charge in [0.15, 0.2) is 11.5 Å². The summed E-state index contributed by atoms with van der Waals surface area (Å²) in [5.74, 6) is 0.308. The highest BCUT2D eigenvalue weighted by Crippen LogP contribution is 2.46. The number of anilines is 1. The maximum absolute atomic E-state index is 12.8. The highest BCUT2D eigenvalue weighted by atomic mass is 32.2. The quantitative estimate of drug-likeness (QED) is 0.519. The lowest BCUT2D eigenvalue weighted by Gasteiger charge is -2.31. The van der Waals surface area contributed by atoms with E-state index in [0.29, 0.717) is 17.2 Å². The number of benzene rings is 2. The number of thiophene rings is 1. The zero-order chi connectivity index (χ0) is 22.9. The van der Waals surface area contributed by atoms with Crippen molar-refractivity contribution in [3.63, 3.8) is 0 Å². The lowest BCUT2D eigenvalue weighted by Crippen LogP contribution is -2.40. The Kier molecular flexibility index (Phi) is 5.86. The third-order valence-electron chi connectivity index (χ3n) is 5.83. The maximum Gasteiger partial charge on any atom is 0.255 e. The molecule has 5 rings (SSSR count). The summed E-state index contributed by atoms with van der Waals surface area (Å²) in [7, 11) is -3.75. The van der Waals surface area contributed by atoms with Crippen LogP contribution < -0.4 is 19.5 Å². The van der Waals surface area contributed by atoms with Gasteiger partial charge in [0.2, 0.25) is 10.0 Å². The highest BCUT2D eigenvalue weighted by molar-refractivity contribution is 7.89. The van der Waals surface area contributed by atoms with E-state index in [1.54, 1.807) is 30.3 Å². The zero-order valence-electron chi connectivity index (χ0n) is 17.9. The fraction of sp³-hybridized carbons (Fsp3) is 0.292. The van der Waals surface area contributed by atoms with Crippen molar-refractivity contribution in [3.05, 3.63) is 70.4 Å². The standard InChI is InChI=1S/C24H24N2O5S2/c27-23(17-6-4-8-20(14-17)33(28,29)25-16-19-7-5-13-32-19)26-18-9-10-21-22(15-18)31-24(30-21)11-2-1-3-12-24/h4-10,13-15,25H,1-3,11-12,16H2,(H,26,27). The van der Waals surface area contributed by atoms with Crippen LogP contribution in [0.25, 0.3) is 0 Å². The second kappa shape index (κ2) is 8.81. The molecule has 1 saturated carbocycles. The lowest BCUT2D eigenvalue weighted by atomic mass is 9.94. The molecule has 2 aromatic carbocycles. The Morgan fingerprint density at radius 2 is 1.79 bits per heavy atom. The molecule has 1 aliphatic heterocycles. The van der Waals surface area contributed by atoms with E-state index in [4.69, 9.17) is 9.47 Å². The van der Waals surface area contributed by atoms with Crippen LogP contribution in [0.15, 0.2) is 64.9 Å². The summed E-state index contributed by atoms with van der Waals surface area (Å²) in [5, 5.41) is 4.71. The second-order valence-corrected chi connectivity index (χ2v) is 11.0. The molecule has 0 saturated heterocycles. The van der Waals surface area contributed by atoms with Gasteiger partial charge < -0.3 is 14.8 Å². The fourth-order valence-electron chi connectivity index (χ4n) is 4.14. The summed E-state index contributed by atoms with van der Waals surface area (Å²) < 4.78 is 40.1. The number of ether oxygens (including phenoxy) is 2. The van der Waals surface area contributed by atoms with Crippen LogP contribution in [-0.2, 0) is 16.6 Å². The van der Waals surface area contributed by atoms with Gasteiger partial charge in [-0.2, -0.15) is 0 Å². The molecule has 0 bridgehead atoms. The van der Waals surface area contributed by atoms with Gasteiger partial charge in [0.1, 0.15) is 0 Å². The van der Waals surface area contributed by atoms with Crippen LogP contribution in [0.3, 0.4) is 0 Å². The van der Waals surface area contributed by atoms with Crippen molar-refractivity contribution in [1.82, 2.24) is 4.72 Å². The molecule has 0 atom stereocenters. The van der Waals surface area contributed by atoms with E-state index < -0.39 is 21.7 Å². The van der Waals surface area contributed by atoms with Gasteiger partial charge in [-0.25, -0.2) is 13.1 Å². The van der Waals surface area contributed by atoms with Crippen LogP contribution in [0.5, 0.6) is 11.5 Å². The number of carbonyl (C=O) groups is 1. The molecule has 7 nitrogen and oxygen atoms in total. The Morgan fingerprint density at radius 3 is 2.58 bits per heavy atom. The summed E-state index contributed by atoms with van der Waals surface area (Å²) in [4.78, 5) is 13.8. The SMILES string of the molecule is O=C(Nc1ccc2c(c1)OC1(CCCCC1)O2)c1cccc(S(=O)(=O)NCc2cccs2)c1. The summed E-state index contributed by atoms with van der Waals surface area (Å²) >= 11 is 1.47. The van der Waals surface area contributed by atoms with Crippen LogP contribution in [0.1, 0.15) is 47.3 Å². The summed E-state index contributed by atoms with van der Waals surface area (Å²) in [5.41, 5.74) is 0.801. The van der Waals surface area contributed by atoms with Gasteiger partial charge in [0, 0.05) is 41.6 Å². The molecule has 2 heterocycles. The van der Waals surface area contributed by atoms with Crippen molar-refractivity contribution in [3.8, 4) is 11.5 Å². The van der Waals surface area contributed by atoms with Crippen LogP contribution in [0.4, 0.5) is 5.69 Å². The van der Waals surface area contributed by atoms with E-state index >= 15 is 0 Å².